The lowest BCUT2D eigenvalue weighted by atomic mass is 10.1. The number of nitrogens with zero attached hydrogens (tertiary/aromatic N) is 2. The monoisotopic (exact) mass is 495 g/mol. The molecular formula is C20H19F6N3O3S. The van der Waals surface area contributed by atoms with Crippen molar-refractivity contribution in [3.8, 4) is 0 Å². The maximum Gasteiger partial charge on any atom is 0.417 e. The standard InChI is InChI=1S/C20H19F6N3O3S/c1-33(31,32)17-7-15-11(6-13(17)20(24,25)26)12-5-10(19(21,22)23)8-28-18(12)29(15)14-3-2-4-27-9-16(14)30/h5-8,14,16,27,30H,2-4,9H2,1H3/t14-,16-/m1/s1. The van der Waals surface area contributed by atoms with Crippen LogP contribution in [-0.4, -0.2) is 48.5 Å². The number of sulfone groups is 1. The molecule has 1 aliphatic heterocycles. The first-order valence-electron chi connectivity index (χ1n) is 9.90. The van der Waals surface area contributed by atoms with Gasteiger partial charge in [-0.15, -0.1) is 0 Å². The van der Waals surface area contributed by atoms with Crippen LogP contribution >= 0.6 is 0 Å². The molecular weight excluding hydrogens is 476 g/mol. The van der Waals surface area contributed by atoms with Crippen LogP contribution in [-0.2, 0) is 22.2 Å². The van der Waals surface area contributed by atoms with E-state index in [0.717, 1.165) is 6.07 Å². The number of rotatable bonds is 2. The average molecular weight is 495 g/mol. The van der Waals surface area contributed by atoms with Crippen molar-refractivity contribution in [2.24, 2.45) is 0 Å². The molecule has 1 saturated heterocycles. The van der Waals surface area contributed by atoms with Crippen LogP contribution in [0.15, 0.2) is 29.3 Å². The molecule has 3 heterocycles. The molecule has 1 aromatic carbocycles. The molecule has 1 fully saturated rings. The van der Waals surface area contributed by atoms with Gasteiger partial charge in [0.15, 0.2) is 9.84 Å². The SMILES string of the molecule is CS(=O)(=O)c1cc2c(cc1C(F)(F)F)c1cc(C(F)(F)F)cnc1n2[C@@H]1CCCNC[C@H]1O. The fraction of sp³-hybridized carbons (Fsp3) is 0.450. The molecule has 0 aliphatic carbocycles. The maximum atomic E-state index is 13.7. The van der Waals surface area contributed by atoms with Gasteiger partial charge in [0.1, 0.15) is 5.65 Å². The summed E-state index contributed by atoms with van der Waals surface area (Å²) in [5.41, 5.74) is -2.74. The molecule has 6 nitrogen and oxygen atoms in total. The molecule has 0 bridgehead atoms. The van der Waals surface area contributed by atoms with E-state index in [2.05, 4.69) is 10.3 Å². The number of aliphatic hydroxyl groups excluding tert-OH is 1. The Bertz CT molecular complexity index is 1330. The molecule has 3 aromatic rings. The molecule has 2 atom stereocenters. The highest BCUT2D eigenvalue weighted by Crippen LogP contribution is 2.42. The third-order valence-electron chi connectivity index (χ3n) is 5.76. The number of benzene rings is 1. The average Bonchev–Trinajstić information content (AvgIpc) is 2.84. The summed E-state index contributed by atoms with van der Waals surface area (Å²) in [6.07, 6.45) is -8.77. The van der Waals surface area contributed by atoms with Crippen molar-refractivity contribution in [2.45, 2.75) is 42.2 Å². The number of fused-ring (bicyclic) bond motifs is 3. The van der Waals surface area contributed by atoms with Crippen LogP contribution in [0.2, 0.25) is 0 Å². The lowest BCUT2D eigenvalue weighted by molar-refractivity contribution is -0.140. The molecule has 33 heavy (non-hydrogen) atoms. The van der Waals surface area contributed by atoms with Crippen LogP contribution in [0.3, 0.4) is 0 Å². The number of hydrogen-bond donors (Lipinski definition) is 2. The van der Waals surface area contributed by atoms with Gasteiger partial charge in [0, 0.05) is 29.8 Å². The second-order valence-corrected chi connectivity index (χ2v) is 10.1. The Labute approximate surface area is 184 Å². The second-order valence-electron chi connectivity index (χ2n) is 8.08. The normalized spacial score (nSPS) is 21.0. The summed E-state index contributed by atoms with van der Waals surface area (Å²) < 4.78 is 107. The molecule has 4 rings (SSSR count). The van der Waals surface area contributed by atoms with Crippen molar-refractivity contribution >= 4 is 31.8 Å². The zero-order chi connectivity index (χ0) is 24.3. The number of β-amino-alcohol motifs (C(OH)–C–C–N with tert-alkyl or cyclic N) is 1. The topological polar surface area (TPSA) is 84.2 Å². The summed E-state index contributed by atoms with van der Waals surface area (Å²) in [7, 11) is -4.35. The molecule has 0 spiro atoms. The number of aromatic nitrogens is 2. The second kappa shape index (κ2) is 7.84. The summed E-state index contributed by atoms with van der Waals surface area (Å²) in [5.74, 6) is 0. The quantitative estimate of drug-likeness (QED) is 0.527. The molecule has 0 unspecified atom stereocenters. The predicted octanol–water partition coefficient (Wildman–Crippen LogP) is 3.92. The van der Waals surface area contributed by atoms with Crippen molar-refractivity contribution in [3.63, 3.8) is 0 Å². The minimum Gasteiger partial charge on any atom is -0.390 e. The molecule has 2 N–H and O–H groups in total. The molecule has 2 aromatic heterocycles. The fourth-order valence-corrected chi connectivity index (χ4v) is 5.18. The fourth-order valence-electron chi connectivity index (χ4n) is 4.28. The van der Waals surface area contributed by atoms with E-state index in [-0.39, 0.29) is 28.5 Å². The first-order valence-corrected chi connectivity index (χ1v) is 11.8. The van der Waals surface area contributed by atoms with Crippen LogP contribution in [0.5, 0.6) is 0 Å². The van der Waals surface area contributed by atoms with Crippen molar-refractivity contribution in [2.75, 3.05) is 19.3 Å². The minimum absolute atomic E-state index is 0.0452. The van der Waals surface area contributed by atoms with Gasteiger partial charge in [0.2, 0.25) is 0 Å². The molecule has 13 heteroatoms. The van der Waals surface area contributed by atoms with Crippen LogP contribution < -0.4 is 5.32 Å². The van der Waals surface area contributed by atoms with Gasteiger partial charge in [0.25, 0.3) is 0 Å². The van der Waals surface area contributed by atoms with Crippen molar-refractivity contribution in [1.29, 1.82) is 0 Å². The van der Waals surface area contributed by atoms with Gasteiger partial charge in [-0.05, 0) is 37.6 Å². The summed E-state index contributed by atoms with van der Waals surface area (Å²) in [4.78, 5) is 2.89. The summed E-state index contributed by atoms with van der Waals surface area (Å²) in [6.45, 7) is 0.704. The van der Waals surface area contributed by atoms with E-state index in [0.29, 0.717) is 44.0 Å². The molecule has 0 amide bonds. The Morgan fingerprint density at radius 1 is 1.09 bits per heavy atom. The zero-order valence-electron chi connectivity index (χ0n) is 17.1. The first kappa shape index (κ1) is 23.8. The van der Waals surface area contributed by atoms with Gasteiger partial charge >= 0.3 is 12.4 Å². The van der Waals surface area contributed by atoms with E-state index in [4.69, 9.17) is 0 Å². The lowest BCUT2D eigenvalue weighted by Gasteiger charge is -2.24. The molecule has 0 saturated carbocycles. The summed E-state index contributed by atoms with van der Waals surface area (Å²) in [6, 6.07) is 1.32. The number of hydrogen-bond acceptors (Lipinski definition) is 5. The van der Waals surface area contributed by atoms with Gasteiger partial charge < -0.3 is 15.0 Å². The highest BCUT2D eigenvalue weighted by atomic mass is 32.2. The van der Waals surface area contributed by atoms with Crippen LogP contribution in [0.1, 0.15) is 30.0 Å². The number of halogens is 6. The predicted molar refractivity (Wildman–Crippen MR) is 108 cm³/mol. The van der Waals surface area contributed by atoms with Gasteiger partial charge in [-0.3, -0.25) is 0 Å². The van der Waals surface area contributed by atoms with Gasteiger partial charge in [-0.25, -0.2) is 13.4 Å². The Morgan fingerprint density at radius 2 is 1.79 bits per heavy atom. The van der Waals surface area contributed by atoms with E-state index in [9.17, 15) is 39.9 Å². The van der Waals surface area contributed by atoms with E-state index in [1.807, 2.05) is 0 Å². The van der Waals surface area contributed by atoms with E-state index < -0.39 is 50.4 Å². The first-order chi connectivity index (χ1) is 15.2. The smallest absolute Gasteiger partial charge is 0.390 e. The number of nitrogens with one attached hydrogen (secondary N) is 1. The van der Waals surface area contributed by atoms with Crippen LogP contribution in [0.25, 0.3) is 21.9 Å². The third kappa shape index (κ3) is 4.28. The molecule has 0 radical (unpaired) electrons. The van der Waals surface area contributed by atoms with Crippen molar-refractivity contribution in [1.82, 2.24) is 14.9 Å². The Morgan fingerprint density at radius 3 is 2.39 bits per heavy atom. The molecule has 180 valence electrons. The van der Waals surface area contributed by atoms with Gasteiger partial charge in [-0.1, -0.05) is 0 Å². The Balaban J connectivity index is 2.16. The highest BCUT2D eigenvalue weighted by Gasteiger charge is 2.39. The van der Waals surface area contributed by atoms with E-state index >= 15 is 0 Å². The minimum atomic E-state index is -5.07. The highest BCUT2D eigenvalue weighted by molar-refractivity contribution is 7.90. The van der Waals surface area contributed by atoms with Crippen LogP contribution in [0.4, 0.5) is 26.3 Å². The third-order valence-corrected chi connectivity index (χ3v) is 6.89. The zero-order valence-corrected chi connectivity index (χ0v) is 17.9. The number of aliphatic hydroxyl groups is 1. The summed E-state index contributed by atoms with van der Waals surface area (Å²) in [5, 5.41) is 13.2. The largest absolute Gasteiger partial charge is 0.417 e. The van der Waals surface area contributed by atoms with E-state index in [1.54, 1.807) is 0 Å². The Kier molecular flexibility index (Phi) is 5.65. The van der Waals surface area contributed by atoms with Crippen LogP contribution in [0, 0.1) is 0 Å². The van der Waals surface area contributed by atoms with Gasteiger partial charge in [0.05, 0.1) is 33.7 Å². The lowest BCUT2D eigenvalue weighted by Crippen LogP contribution is -2.31. The van der Waals surface area contributed by atoms with Gasteiger partial charge in [-0.2, -0.15) is 26.3 Å². The van der Waals surface area contributed by atoms with Crippen molar-refractivity contribution in [3.05, 3.63) is 35.5 Å². The number of pyridine rings is 1. The Hall–Kier alpha value is -2.38. The van der Waals surface area contributed by atoms with E-state index in [1.165, 1.54) is 4.57 Å². The van der Waals surface area contributed by atoms with Crippen molar-refractivity contribution < 1.29 is 39.9 Å². The number of alkyl halides is 6. The molecule has 1 aliphatic rings. The summed E-state index contributed by atoms with van der Waals surface area (Å²) >= 11 is 0. The maximum absolute atomic E-state index is 13.7.